The minimum absolute atomic E-state index is 0.147. The Labute approximate surface area is 126 Å². The van der Waals surface area contributed by atoms with Crippen molar-refractivity contribution < 1.29 is 8.78 Å². The van der Waals surface area contributed by atoms with E-state index in [1.807, 2.05) is 4.90 Å². The minimum atomic E-state index is -0.439. The normalized spacial score (nSPS) is 19.3. The van der Waals surface area contributed by atoms with Gasteiger partial charge in [0.2, 0.25) is 0 Å². The number of nitrogens with one attached hydrogen (secondary N) is 1. The van der Waals surface area contributed by atoms with Gasteiger partial charge >= 0.3 is 0 Å². The van der Waals surface area contributed by atoms with E-state index in [4.69, 9.17) is 0 Å². The Hall–Kier alpha value is -1.16. The summed E-state index contributed by atoms with van der Waals surface area (Å²) in [7, 11) is 0. The number of rotatable bonds is 5. The molecule has 0 aliphatic carbocycles. The second kappa shape index (κ2) is 7.21. The van der Waals surface area contributed by atoms with Crippen molar-refractivity contribution >= 4 is 5.69 Å². The summed E-state index contributed by atoms with van der Waals surface area (Å²) in [5.74, 6) is 0.134. The number of nitrogens with zero attached hydrogens (tertiary/aromatic N) is 1. The Balaban J connectivity index is 2.09. The molecule has 0 radical (unpaired) electrons. The molecule has 1 aliphatic rings. The third-order valence-electron chi connectivity index (χ3n) is 3.93. The first kappa shape index (κ1) is 16.2. The highest BCUT2D eigenvalue weighted by Crippen LogP contribution is 2.29. The van der Waals surface area contributed by atoms with Gasteiger partial charge < -0.3 is 10.2 Å². The zero-order valence-corrected chi connectivity index (χ0v) is 13.3. The van der Waals surface area contributed by atoms with Gasteiger partial charge in [0, 0.05) is 19.6 Å². The van der Waals surface area contributed by atoms with Crippen molar-refractivity contribution in [2.24, 2.45) is 11.8 Å². The molecule has 1 N–H and O–H groups in total. The van der Waals surface area contributed by atoms with Crippen molar-refractivity contribution in [2.75, 3.05) is 24.5 Å². The van der Waals surface area contributed by atoms with Gasteiger partial charge in [-0.25, -0.2) is 8.78 Å². The zero-order valence-electron chi connectivity index (χ0n) is 13.3. The van der Waals surface area contributed by atoms with Gasteiger partial charge in [0.25, 0.3) is 0 Å². The van der Waals surface area contributed by atoms with E-state index in [2.05, 4.69) is 26.1 Å². The molecule has 0 bridgehead atoms. The zero-order chi connectivity index (χ0) is 15.4. The summed E-state index contributed by atoms with van der Waals surface area (Å²) in [5, 5.41) is 3.21. The quantitative estimate of drug-likeness (QED) is 0.885. The summed E-state index contributed by atoms with van der Waals surface area (Å²) in [6, 6.07) is 2.93. The Morgan fingerprint density at radius 3 is 2.52 bits per heavy atom. The first-order valence-corrected chi connectivity index (χ1v) is 7.91. The molecular formula is C17H26F2N2. The molecule has 0 amide bonds. The topological polar surface area (TPSA) is 15.3 Å². The summed E-state index contributed by atoms with van der Waals surface area (Å²) in [6.45, 7) is 9.16. The van der Waals surface area contributed by atoms with Gasteiger partial charge in [-0.3, -0.25) is 0 Å². The number of hydrogen-bond acceptors (Lipinski definition) is 2. The van der Waals surface area contributed by atoms with E-state index in [9.17, 15) is 8.78 Å². The largest absolute Gasteiger partial charge is 0.367 e. The van der Waals surface area contributed by atoms with Crippen molar-refractivity contribution in [3.05, 3.63) is 29.3 Å². The van der Waals surface area contributed by atoms with Gasteiger partial charge in [-0.1, -0.05) is 20.8 Å². The second-order valence-corrected chi connectivity index (χ2v) is 6.63. The summed E-state index contributed by atoms with van der Waals surface area (Å²) in [5.41, 5.74) is 0.814. The van der Waals surface area contributed by atoms with E-state index in [1.165, 1.54) is 12.1 Å². The average molecular weight is 296 g/mol. The maximum Gasteiger partial charge on any atom is 0.149 e. The lowest BCUT2D eigenvalue weighted by molar-refractivity contribution is 0.435. The Morgan fingerprint density at radius 1 is 1.29 bits per heavy atom. The Kier molecular flexibility index (Phi) is 5.57. The van der Waals surface area contributed by atoms with Crippen LogP contribution in [0.15, 0.2) is 12.1 Å². The molecule has 1 fully saturated rings. The summed E-state index contributed by atoms with van der Waals surface area (Å²) in [4.78, 5) is 1.85. The summed E-state index contributed by atoms with van der Waals surface area (Å²) >= 11 is 0. The fourth-order valence-electron chi connectivity index (χ4n) is 2.92. The predicted octanol–water partition coefficient (Wildman–Crippen LogP) is 3.95. The lowest BCUT2D eigenvalue weighted by Crippen LogP contribution is -2.35. The van der Waals surface area contributed by atoms with Crippen molar-refractivity contribution in [1.29, 1.82) is 0 Å². The van der Waals surface area contributed by atoms with Crippen LogP contribution in [0, 0.1) is 23.5 Å². The number of benzene rings is 1. The molecule has 2 rings (SSSR count). The lowest BCUT2D eigenvalue weighted by Gasteiger charge is -2.33. The van der Waals surface area contributed by atoms with Gasteiger partial charge in [-0.2, -0.15) is 0 Å². The van der Waals surface area contributed by atoms with Crippen LogP contribution in [0.2, 0.25) is 0 Å². The van der Waals surface area contributed by atoms with E-state index in [0.717, 1.165) is 32.5 Å². The molecule has 1 heterocycles. The maximum absolute atomic E-state index is 14.3. The molecule has 1 aromatic rings. The van der Waals surface area contributed by atoms with Crippen LogP contribution < -0.4 is 10.2 Å². The lowest BCUT2D eigenvalue weighted by atomic mass is 9.99. The molecule has 0 saturated carbocycles. The van der Waals surface area contributed by atoms with Crippen molar-refractivity contribution in [2.45, 2.75) is 40.2 Å². The van der Waals surface area contributed by atoms with Gasteiger partial charge in [0.15, 0.2) is 0 Å². The Morgan fingerprint density at radius 2 is 1.95 bits per heavy atom. The standard InChI is InChI=1S/C17H26F2N2/c1-12(2)9-20-10-14-7-15(18)17(16(19)8-14)21-6-4-5-13(3)11-21/h7-8,12-13,20H,4-6,9-11H2,1-3H3. The highest BCUT2D eigenvalue weighted by molar-refractivity contribution is 5.51. The highest BCUT2D eigenvalue weighted by Gasteiger charge is 2.22. The average Bonchev–Trinajstić information content (AvgIpc) is 2.37. The number of hydrogen-bond donors (Lipinski definition) is 1. The molecule has 1 aromatic carbocycles. The molecule has 1 atom stereocenters. The van der Waals surface area contributed by atoms with Gasteiger partial charge in [0.05, 0.1) is 0 Å². The van der Waals surface area contributed by atoms with Crippen LogP contribution in [0.1, 0.15) is 39.2 Å². The molecule has 2 nitrogen and oxygen atoms in total. The Bertz CT molecular complexity index is 451. The first-order chi connectivity index (χ1) is 9.97. The third kappa shape index (κ3) is 4.40. The molecule has 1 saturated heterocycles. The third-order valence-corrected chi connectivity index (χ3v) is 3.93. The summed E-state index contributed by atoms with van der Waals surface area (Å²) in [6.07, 6.45) is 2.13. The highest BCUT2D eigenvalue weighted by atomic mass is 19.1. The van der Waals surface area contributed by atoms with Gasteiger partial charge in [0.1, 0.15) is 17.3 Å². The van der Waals surface area contributed by atoms with Crippen molar-refractivity contribution in [1.82, 2.24) is 5.32 Å². The van der Waals surface area contributed by atoms with Crippen molar-refractivity contribution in [3.8, 4) is 0 Å². The first-order valence-electron chi connectivity index (χ1n) is 7.91. The van der Waals surface area contributed by atoms with Crippen LogP contribution in [0.4, 0.5) is 14.5 Å². The van der Waals surface area contributed by atoms with E-state index in [1.54, 1.807) is 0 Å². The fraction of sp³-hybridized carbons (Fsp3) is 0.647. The number of anilines is 1. The molecule has 0 aromatic heterocycles. The van der Waals surface area contributed by atoms with Crippen LogP contribution in [0.25, 0.3) is 0 Å². The minimum Gasteiger partial charge on any atom is -0.367 e. The van der Waals surface area contributed by atoms with Crippen LogP contribution >= 0.6 is 0 Å². The SMILES string of the molecule is CC(C)CNCc1cc(F)c(N2CCCC(C)C2)c(F)c1. The van der Waals surface area contributed by atoms with Crippen LogP contribution in [0.3, 0.4) is 0 Å². The van der Waals surface area contributed by atoms with Crippen LogP contribution in [-0.2, 0) is 6.54 Å². The van der Waals surface area contributed by atoms with Gasteiger partial charge in [-0.05, 0) is 48.9 Å². The van der Waals surface area contributed by atoms with E-state index in [0.29, 0.717) is 23.9 Å². The molecule has 21 heavy (non-hydrogen) atoms. The molecule has 0 spiro atoms. The molecule has 4 heteroatoms. The van der Waals surface area contributed by atoms with Gasteiger partial charge in [-0.15, -0.1) is 0 Å². The molecular weight excluding hydrogens is 270 g/mol. The summed E-state index contributed by atoms with van der Waals surface area (Å²) < 4.78 is 28.6. The second-order valence-electron chi connectivity index (χ2n) is 6.63. The monoisotopic (exact) mass is 296 g/mol. The molecule has 1 unspecified atom stereocenters. The number of halogens is 2. The number of piperidine rings is 1. The van der Waals surface area contributed by atoms with E-state index in [-0.39, 0.29) is 5.69 Å². The fourth-order valence-corrected chi connectivity index (χ4v) is 2.92. The molecule has 1 aliphatic heterocycles. The van der Waals surface area contributed by atoms with Crippen molar-refractivity contribution in [3.63, 3.8) is 0 Å². The maximum atomic E-state index is 14.3. The van der Waals surface area contributed by atoms with Crippen LogP contribution in [0.5, 0.6) is 0 Å². The molecule has 118 valence electrons. The van der Waals surface area contributed by atoms with Crippen LogP contribution in [-0.4, -0.2) is 19.6 Å². The smallest absolute Gasteiger partial charge is 0.149 e. The predicted molar refractivity (Wildman–Crippen MR) is 83.5 cm³/mol. The van der Waals surface area contributed by atoms with E-state index < -0.39 is 11.6 Å². The van der Waals surface area contributed by atoms with E-state index >= 15 is 0 Å².